The first-order chi connectivity index (χ1) is 10.5. The number of carbonyl (C=O) groups is 1. The van der Waals surface area contributed by atoms with Crippen LogP contribution in [0.4, 0.5) is 11.8 Å². The van der Waals surface area contributed by atoms with Crippen molar-refractivity contribution >= 4 is 17.5 Å². The highest BCUT2D eigenvalue weighted by Gasteiger charge is 2.38. The molecule has 1 fully saturated rings. The molecule has 0 unspecified atom stereocenters. The van der Waals surface area contributed by atoms with Gasteiger partial charge in [0.2, 0.25) is 5.95 Å². The molecule has 0 saturated carbocycles. The lowest BCUT2D eigenvalue weighted by molar-refractivity contribution is -0.124. The van der Waals surface area contributed by atoms with Crippen LogP contribution in [0.2, 0.25) is 0 Å². The topological polar surface area (TPSA) is 90.1 Å². The number of ether oxygens (including phenoxy) is 1. The molecule has 1 aliphatic heterocycles. The van der Waals surface area contributed by atoms with Crippen LogP contribution in [0.1, 0.15) is 50.8 Å². The van der Waals surface area contributed by atoms with Gasteiger partial charge < -0.3 is 15.8 Å². The Morgan fingerprint density at radius 3 is 2.64 bits per heavy atom. The number of rotatable bonds is 6. The quantitative estimate of drug-likeness (QED) is 0.838. The molecule has 0 spiro atoms. The number of hydrogen-bond acceptors (Lipinski definition) is 6. The van der Waals surface area contributed by atoms with Gasteiger partial charge in [0.15, 0.2) is 5.78 Å². The molecule has 6 heteroatoms. The largest absolute Gasteiger partial charge is 0.381 e. The summed E-state index contributed by atoms with van der Waals surface area (Å²) >= 11 is 0. The zero-order valence-corrected chi connectivity index (χ0v) is 13.7. The zero-order chi connectivity index (χ0) is 16.2. The van der Waals surface area contributed by atoms with Crippen molar-refractivity contribution in [3.63, 3.8) is 0 Å². The van der Waals surface area contributed by atoms with Crippen LogP contribution in [0.15, 0.2) is 0 Å². The molecule has 2 rings (SSSR count). The smallest absolute Gasteiger partial charge is 0.222 e. The van der Waals surface area contributed by atoms with Crippen LogP contribution in [0, 0.1) is 6.92 Å². The Bertz CT molecular complexity index is 539. The van der Waals surface area contributed by atoms with Gasteiger partial charge in [-0.3, -0.25) is 4.79 Å². The van der Waals surface area contributed by atoms with E-state index in [-0.39, 0.29) is 11.7 Å². The second-order valence-electron chi connectivity index (χ2n) is 5.97. The normalized spacial score (nSPS) is 17.2. The minimum absolute atomic E-state index is 0.118. The maximum absolute atomic E-state index is 12.2. The maximum Gasteiger partial charge on any atom is 0.222 e. The van der Waals surface area contributed by atoms with Crippen molar-refractivity contribution in [3.05, 3.63) is 11.3 Å². The van der Waals surface area contributed by atoms with E-state index < -0.39 is 5.54 Å². The van der Waals surface area contributed by atoms with E-state index in [9.17, 15) is 4.79 Å². The number of nitrogens with zero attached hydrogens (tertiary/aromatic N) is 2. The van der Waals surface area contributed by atoms with Gasteiger partial charge in [0.05, 0.1) is 0 Å². The number of anilines is 2. The summed E-state index contributed by atoms with van der Waals surface area (Å²) in [5.74, 6) is 1.06. The molecule has 2 heterocycles. The summed E-state index contributed by atoms with van der Waals surface area (Å²) in [6.45, 7) is 6.88. The van der Waals surface area contributed by atoms with Crippen LogP contribution in [0.3, 0.4) is 0 Å². The van der Waals surface area contributed by atoms with Gasteiger partial charge in [-0.15, -0.1) is 0 Å². The molecule has 0 bridgehead atoms. The summed E-state index contributed by atoms with van der Waals surface area (Å²) in [5, 5.41) is 3.39. The van der Waals surface area contributed by atoms with Crippen LogP contribution in [0.5, 0.6) is 0 Å². The van der Waals surface area contributed by atoms with Crippen LogP contribution in [-0.4, -0.2) is 34.5 Å². The van der Waals surface area contributed by atoms with E-state index in [2.05, 4.69) is 22.2 Å². The number of aryl methyl sites for hydroxylation is 1. The van der Waals surface area contributed by atoms with Gasteiger partial charge in [-0.1, -0.05) is 13.3 Å². The number of nitrogens with two attached hydrogens (primary N) is 1. The number of Topliss-reactive ketones (excluding diaryl/α,β-unsaturated/α-hetero) is 1. The molecule has 122 valence electrons. The van der Waals surface area contributed by atoms with E-state index in [0.717, 1.165) is 30.5 Å². The predicted molar refractivity (Wildman–Crippen MR) is 86.9 cm³/mol. The Kier molecular flexibility index (Phi) is 5.34. The predicted octanol–water partition coefficient (Wildman–Crippen LogP) is 2.26. The molecule has 0 amide bonds. The highest BCUT2D eigenvalue weighted by Crippen LogP contribution is 2.29. The lowest BCUT2D eigenvalue weighted by Gasteiger charge is -2.36. The van der Waals surface area contributed by atoms with Gasteiger partial charge in [-0.05, 0) is 26.7 Å². The molecule has 6 nitrogen and oxygen atoms in total. The zero-order valence-electron chi connectivity index (χ0n) is 13.7. The minimum atomic E-state index is -0.605. The lowest BCUT2D eigenvalue weighted by atomic mass is 9.86. The summed E-state index contributed by atoms with van der Waals surface area (Å²) in [5.41, 5.74) is 7.15. The summed E-state index contributed by atoms with van der Waals surface area (Å²) < 4.78 is 5.41. The Morgan fingerprint density at radius 2 is 2.05 bits per heavy atom. The van der Waals surface area contributed by atoms with Gasteiger partial charge >= 0.3 is 0 Å². The number of ketones is 1. The van der Waals surface area contributed by atoms with Crippen LogP contribution in [-0.2, 0) is 16.0 Å². The SMILES string of the molecule is CCCCc1c(C)nc(N)nc1NC1(C(C)=O)CCOCC1. The Balaban J connectivity index is 2.35. The monoisotopic (exact) mass is 306 g/mol. The highest BCUT2D eigenvalue weighted by molar-refractivity contribution is 5.89. The second-order valence-corrected chi connectivity index (χ2v) is 5.97. The first-order valence-electron chi connectivity index (χ1n) is 7.98. The fourth-order valence-corrected chi connectivity index (χ4v) is 2.89. The minimum Gasteiger partial charge on any atom is -0.381 e. The molecule has 1 saturated heterocycles. The summed E-state index contributed by atoms with van der Waals surface area (Å²) in [4.78, 5) is 20.9. The van der Waals surface area contributed by atoms with Crippen molar-refractivity contribution in [2.45, 2.75) is 58.4 Å². The molecule has 22 heavy (non-hydrogen) atoms. The lowest BCUT2D eigenvalue weighted by Crippen LogP contribution is -2.50. The molecule has 3 N–H and O–H groups in total. The fourth-order valence-electron chi connectivity index (χ4n) is 2.89. The third-order valence-corrected chi connectivity index (χ3v) is 4.39. The Labute approximate surface area is 131 Å². The first kappa shape index (κ1) is 16.7. The van der Waals surface area contributed by atoms with E-state index in [4.69, 9.17) is 10.5 Å². The van der Waals surface area contributed by atoms with E-state index in [1.807, 2.05) is 6.92 Å². The van der Waals surface area contributed by atoms with Gasteiger partial charge in [-0.2, -0.15) is 4.98 Å². The van der Waals surface area contributed by atoms with E-state index in [1.54, 1.807) is 6.92 Å². The molecular formula is C16H26N4O2. The number of aromatic nitrogens is 2. The second kappa shape index (κ2) is 7.05. The highest BCUT2D eigenvalue weighted by atomic mass is 16.5. The number of hydrogen-bond donors (Lipinski definition) is 2. The maximum atomic E-state index is 12.2. The fraction of sp³-hybridized carbons (Fsp3) is 0.688. The molecule has 1 aliphatic rings. The standard InChI is InChI=1S/C16H26N4O2/c1-4-5-6-13-11(2)18-15(17)19-14(13)20-16(12(3)21)7-9-22-10-8-16/h4-10H2,1-3H3,(H3,17,18,19,20). The van der Waals surface area contributed by atoms with E-state index >= 15 is 0 Å². The number of nitrogen functional groups attached to an aromatic ring is 1. The van der Waals surface area contributed by atoms with Crippen molar-refractivity contribution in [3.8, 4) is 0 Å². The van der Waals surface area contributed by atoms with Crippen molar-refractivity contribution in [2.75, 3.05) is 24.3 Å². The average molecular weight is 306 g/mol. The molecule has 0 aliphatic carbocycles. The van der Waals surface area contributed by atoms with Crippen molar-refractivity contribution in [2.24, 2.45) is 0 Å². The summed E-state index contributed by atoms with van der Waals surface area (Å²) in [6.07, 6.45) is 4.33. The molecule has 1 aromatic rings. The van der Waals surface area contributed by atoms with Gasteiger partial charge in [0, 0.05) is 37.3 Å². The molecule has 1 aromatic heterocycles. The third kappa shape index (κ3) is 3.55. The number of carbonyl (C=O) groups excluding carboxylic acids is 1. The molecular weight excluding hydrogens is 280 g/mol. The van der Waals surface area contributed by atoms with Crippen molar-refractivity contribution < 1.29 is 9.53 Å². The van der Waals surface area contributed by atoms with Gasteiger partial charge in [0.1, 0.15) is 11.4 Å². The Hall–Kier alpha value is -1.69. The first-order valence-corrected chi connectivity index (χ1v) is 7.98. The Morgan fingerprint density at radius 1 is 1.36 bits per heavy atom. The van der Waals surface area contributed by atoms with Crippen LogP contribution >= 0.6 is 0 Å². The molecule has 0 aromatic carbocycles. The van der Waals surface area contributed by atoms with Crippen molar-refractivity contribution in [1.82, 2.24) is 9.97 Å². The van der Waals surface area contributed by atoms with Crippen LogP contribution < -0.4 is 11.1 Å². The van der Waals surface area contributed by atoms with Crippen molar-refractivity contribution in [1.29, 1.82) is 0 Å². The van der Waals surface area contributed by atoms with Gasteiger partial charge in [-0.25, -0.2) is 4.98 Å². The van der Waals surface area contributed by atoms with E-state index in [0.29, 0.717) is 31.9 Å². The van der Waals surface area contributed by atoms with E-state index in [1.165, 1.54) is 0 Å². The number of nitrogens with one attached hydrogen (secondary N) is 1. The summed E-state index contributed by atoms with van der Waals surface area (Å²) in [7, 11) is 0. The van der Waals surface area contributed by atoms with Gasteiger partial charge in [0.25, 0.3) is 0 Å². The summed E-state index contributed by atoms with van der Waals surface area (Å²) in [6, 6.07) is 0. The third-order valence-electron chi connectivity index (χ3n) is 4.39. The molecule has 0 atom stereocenters. The van der Waals surface area contributed by atoms with Crippen LogP contribution in [0.25, 0.3) is 0 Å². The molecule has 0 radical (unpaired) electrons. The number of unbranched alkanes of at least 4 members (excludes halogenated alkanes) is 1. The average Bonchev–Trinajstić information content (AvgIpc) is 2.47.